The van der Waals surface area contributed by atoms with Gasteiger partial charge in [-0.1, -0.05) is 13.8 Å². The number of carbonyl (C=O) groups is 3. The highest BCUT2D eigenvalue weighted by atomic mass is 16.5. The van der Waals surface area contributed by atoms with Crippen molar-refractivity contribution < 1.29 is 23.9 Å². The van der Waals surface area contributed by atoms with Crippen molar-refractivity contribution in [1.82, 2.24) is 15.8 Å². The van der Waals surface area contributed by atoms with Crippen LogP contribution in [0.1, 0.15) is 44.5 Å². The maximum atomic E-state index is 12.3. The van der Waals surface area contributed by atoms with Crippen molar-refractivity contribution in [3.8, 4) is 11.5 Å². The highest BCUT2D eigenvalue weighted by Gasteiger charge is 2.34. The summed E-state index contributed by atoms with van der Waals surface area (Å²) in [5, 5.41) is 0. The molecule has 2 N–H and O–H groups in total. The second-order valence-corrected chi connectivity index (χ2v) is 7.57. The Morgan fingerprint density at radius 2 is 1.89 bits per heavy atom. The summed E-state index contributed by atoms with van der Waals surface area (Å²) in [5.74, 6) is -0.0615. The zero-order valence-electron chi connectivity index (χ0n) is 17.1. The lowest BCUT2D eigenvalue weighted by Crippen LogP contribution is -2.45. The van der Waals surface area contributed by atoms with Crippen molar-refractivity contribution in [1.29, 1.82) is 0 Å². The van der Waals surface area contributed by atoms with E-state index in [0.717, 1.165) is 0 Å². The molecular formula is C20H29N3O5. The molecule has 1 saturated heterocycles. The second-order valence-electron chi connectivity index (χ2n) is 7.57. The standard InChI is InChI=1S/C20H29N3O5/c1-12(2)10-23-11-15(9-18(23)24)20(26)22-21-19(25)14-6-7-16(28-13(3)4)17(8-14)27-5/h6-8,12-13,15H,9-11H2,1-5H3,(H,21,25)(H,22,26). The lowest BCUT2D eigenvalue weighted by molar-refractivity contribution is -0.129. The van der Waals surface area contributed by atoms with Crippen LogP contribution in [-0.2, 0) is 9.59 Å². The van der Waals surface area contributed by atoms with E-state index in [4.69, 9.17) is 9.47 Å². The molecule has 1 fully saturated rings. The van der Waals surface area contributed by atoms with E-state index < -0.39 is 11.8 Å². The predicted molar refractivity (Wildman–Crippen MR) is 104 cm³/mol. The van der Waals surface area contributed by atoms with Crippen molar-refractivity contribution in [3.05, 3.63) is 23.8 Å². The van der Waals surface area contributed by atoms with E-state index in [1.165, 1.54) is 7.11 Å². The number of methoxy groups -OCH3 is 1. The smallest absolute Gasteiger partial charge is 0.269 e. The van der Waals surface area contributed by atoms with Crippen LogP contribution in [0.3, 0.4) is 0 Å². The van der Waals surface area contributed by atoms with Crippen molar-refractivity contribution in [2.75, 3.05) is 20.2 Å². The van der Waals surface area contributed by atoms with E-state index >= 15 is 0 Å². The summed E-state index contributed by atoms with van der Waals surface area (Å²) in [4.78, 5) is 38.3. The fourth-order valence-electron chi connectivity index (χ4n) is 3.02. The first-order valence-corrected chi connectivity index (χ1v) is 9.44. The average Bonchev–Trinajstić information content (AvgIpc) is 2.99. The molecule has 0 aliphatic carbocycles. The SMILES string of the molecule is COc1cc(C(=O)NNC(=O)C2CC(=O)N(CC(C)C)C2)ccc1OC(C)C. The normalized spacial score (nSPS) is 16.5. The Bertz CT molecular complexity index is 733. The number of rotatable bonds is 7. The van der Waals surface area contributed by atoms with Crippen LogP contribution in [-0.4, -0.2) is 48.9 Å². The number of likely N-dealkylation sites (tertiary alicyclic amines) is 1. The molecule has 8 nitrogen and oxygen atoms in total. The van der Waals surface area contributed by atoms with Gasteiger partial charge in [0.05, 0.1) is 19.1 Å². The van der Waals surface area contributed by atoms with E-state index in [2.05, 4.69) is 10.9 Å². The number of hydrazine groups is 1. The van der Waals surface area contributed by atoms with Gasteiger partial charge in [0, 0.05) is 25.1 Å². The van der Waals surface area contributed by atoms with Crippen LogP contribution in [0, 0.1) is 11.8 Å². The summed E-state index contributed by atoms with van der Waals surface area (Å²) >= 11 is 0. The molecule has 0 bridgehead atoms. The van der Waals surface area contributed by atoms with Crippen molar-refractivity contribution in [2.24, 2.45) is 11.8 Å². The van der Waals surface area contributed by atoms with E-state index in [9.17, 15) is 14.4 Å². The van der Waals surface area contributed by atoms with E-state index in [0.29, 0.717) is 36.1 Å². The number of amides is 3. The first-order valence-electron chi connectivity index (χ1n) is 9.44. The number of hydrogen-bond acceptors (Lipinski definition) is 5. The van der Waals surface area contributed by atoms with Crippen LogP contribution in [0.4, 0.5) is 0 Å². The maximum Gasteiger partial charge on any atom is 0.269 e. The fraction of sp³-hybridized carbons (Fsp3) is 0.550. The van der Waals surface area contributed by atoms with Gasteiger partial charge in [-0.05, 0) is 38.0 Å². The summed E-state index contributed by atoms with van der Waals surface area (Å²) in [6, 6.07) is 4.78. The van der Waals surface area contributed by atoms with Gasteiger partial charge >= 0.3 is 0 Å². The molecule has 0 aromatic heterocycles. The summed E-state index contributed by atoms with van der Waals surface area (Å²) in [6.07, 6.45) is 0.126. The third kappa shape index (κ3) is 5.61. The molecule has 0 saturated carbocycles. The number of benzene rings is 1. The van der Waals surface area contributed by atoms with Crippen molar-refractivity contribution in [2.45, 2.75) is 40.2 Å². The van der Waals surface area contributed by atoms with Gasteiger partial charge in [0.25, 0.3) is 5.91 Å². The van der Waals surface area contributed by atoms with Crippen LogP contribution < -0.4 is 20.3 Å². The van der Waals surface area contributed by atoms with Gasteiger partial charge < -0.3 is 14.4 Å². The van der Waals surface area contributed by atoms with Gasteiger partial charge in [-0.2, -0.15) is 0 Å². The Balaban J connectivity index is 1.93. The lowest BCUT2D eigenvalue weighted by Gasteiger charge is -2.18. The summed E-state index contributed by atoms with van der Waals surface area (Å²) in [7, 11) is 1.49. The highest BCUT2D eigenvalue weighted by molar-refractivity contribution is 5.97. The number of nitrogens with one attached hydrogen (secondary N) is 2. The Morgan fingerprint density at radius 3 is 2.50 bits per heavy atom. The first-order chi connectivity index (χ1) is 13.2. The molecular weight excluding hydrogens is 362 g/mol. The average molecular weight is 391 g/mol. The Labute approximate surface area is 165 Å². The van der Waals surface area contributed by atoms with Gasteiger partial charge in [0.15, 0.2) is 11.5 Å². The minimum Gasteiger partial charge on any atom is -0.493 e. The molecule has 1 aliphatic heterocycles. The van der Waals surface area contributed by atoms with Gasteiger partial charge in [-0.25, -0.2) is 0 Å². The van der Waals surface area contributed by atoms with E-state index in [-0.39, 0.29) is 24.3 Å². The number of nitrogens with zero attached hydrogens (tertiary/aromatic N) is 1. The van der Waals surface area contributed by atoms with Gasteiger partial charge in [0.2, 0.25) is 11.8 Å². The van der Waals surface area contributed by atoms with E-state index in [1.807, 2.05) is 27.7 Å². The second kappa shape index (κ2) is 9.43. The minimum absolute atomic E-state index is 0.0303. The molecule has 0 spiro atoms. The van der Waals surface area contributed by atoms with Crippen LogP contribution in [0.15, 0.2) is 18.2 Å². The van der Waals surface area contributed by atoms with Crippen molar-refractivity contribution >= 4 is 17.7 Å². The predicted octanol–water partition coefficient (Wildman–Crippen LogP) is 1.75. The molecule has 28 heavy (non-hydrogen) atoms. The molecule has 1 aromatic rings. The third-order valence-corrected chi connectivity index (χ3v) is 4.26. The van der Waals surface area contributed by atoms with E-state index in [1.54, 1.807) is 23.1 Å². The molecule has 1 aromatic carbocycles. The Hall–Kier alpha value is -2.77. The molecule has 0 radical (unpaired) electrons. The highest BCUT2D eigenvalue weighted by Crippen LogP contribution is 2.29. The zero-order valence-corrected chi connectivity index (χ0v) is 17.1. The topological polar surface area (TPSA) is 97.0 Å². The molecule has 1 aliphatic rings. The zero-order chi connectivity index (χ0) is 20.8. The number of carbonyl (C=O) groups excluding carboxylic acids is 3. The van der Waals surface area contributed by atoms with Crippen molar-refractivity contribution in [3.63, 3.8) is 0 Å². The van der Waals surface area contributed by atoms with Gasteiger partial charge in [-0.15, -0.1) is 0 Å². The molecule has 2 rings (SSSR count). The van der Waals surface area contributed by atoms with Crippen LogP contribution >= 0.6 is 0 Å². The molecule has 8 heteroatoms. The van der Waals surface area contributed by atoms with Gasteiger partial charge in [0.1, 0.15) is 0 Å². The van der Waals surface area contributed by atoms with Crippen LogP contribution in [0.25, 0.3) is 0 Å². The quantitative estimate of drug-likeness (QED) is 0.690. The van der Waals surface area contributed by atoms with Gasteiger partial charge in [-0.3, -0.25) is 25.2 Å². The summed E-state index contributed by atoms with van der Waals surface area (Å²) < 4.78 is 10.9. The summed E-state index contributed by atoms with van der Waals surface area (Å²) in [6.45, 7) is 8.82. The van der Waals surface area contributed by atoms with Crippen LogP contribution in [0.5, 0.6) is 11.5 Å². The Morgan fingerprint density at radius 1 is 1.18 bits per heavy atom. The molecule has 1 unspecified atom stereocenters. The lowest BCUT2D eigenvalue weighted by atomic mass is 10.1. The van der Waals surface area contributed by atoms with Crippen LogP contribution in [0.2, 0.25) is 0 Å². The molecule has 3 amide bonds. The monoisotopic (exact) mass is 391 g/mol. The summed E-state index contributed by atoms with van der Waals surface area (Å²) in [5.41, 5.74) is 5.12. The molecule has 1 heterocycles. The minimum atomic E-state index is -0.480. The third-order valence-electron chi connectivity index (χ3n) is 4.26. The number of hydrogen-bond donors (Lipinski definition) is 2. The fourth-order valence-corrected chi connectivity index (χ4v) is 3.02. The first kappa shape index (κ1) is 21.5. The largest absolute Gasteiger partial charge is 0.493 e. The number of ether oxygens (including phenoxy) is 2. The molecule has 154 valence electrons. The Kier molecular flexibility index (Phi) is 7.25. The molecule has 1 atom stereocenters. The maximum absolute atomic E-state index is 12.3.